The van der Waals surface area contributed by atoms with Crippen molar-refractivity contribution in [2.24, 2.45) is 0 Å². The molecule has 0 radical (unpaired) electrons. The number of carbonyl (C=O) groups is 2. The SMILES string of the molecule is C#CCNCC(=O)NC(CCC)C(=O)O. The minimum atomic E-state index is -1.01. The summed E-state index contributed by atoms with van der Waals surface area (Å²) in [4.78, 5) is 21.9. The fourth-order valence-corrected chi connectivity index (χ4v) is 1.04. The van der Waals surface area contributed by atoms with Crippen molar-refractivity contribution in [3.8, 4) is 12.3 Å². The molecule has 0 bridgehead atoms. The number of amides is 1. The van der Waals surface area contributed by atoms with Gasteiger partial charge in [0.1, 0.15) is 6.04 Å². The Labute approximate surface area is 89.2 Å². The molecule has 0 aromatic carbocycles. The molecule has 3 N–H and O–H groups in total. The molecule has 5 nitrogen and oxygen atoms in total. The normalized spacial score (nSPS) is 11.5. The first-order valence-electron chi connectivity index (χ1n) is 4.78. The van der Waals surface area contributed by atoms with Gasteiger partial charge in [0.25, 0.3) is 0 Å². The van der Waals surface area contributed by atoms with Gasteiger partial charge in [0.2, 0.25) is 5.91 Å². The molecule has 5 heteroatoms. The third-order valence-corrected chi connectivity index (χ3v) is 1.72. The molecule has 0 aromatic rings. The summed E-state index contributed by atoms with van der Waals surface area (Å²) in [6.45, 7) is 2.19. The second kappa shape index (κ2) is 7.83. The summed E-state index contributed by atoms with van der Waals surface area (Å²) < 4.78 is 0. The summed E-state index contributed by atoms with van der Waals surface area (Å²) in [6, 6.07) is -0.810. The van der Waals surface area contributed by atoms with Crippen LogP contribution in [-0.4, -0.2) is 36.1 Å². The molecular formula is C10H16N2O3. The lowest BCUT2D eigenvalue weighted by Crippen LogP contribution is -2.44. The van der Waals surface area contributed by atoms with E-state index in [0.717, 1.165) is 0 Å². The van der Waals surface area contributed by atoms with E-state index in [1.54, 1.807) is 0 Å². The van der Waals surface area contributed by atoms with Crippen LogP contribution in [0.3, 0.4) is 0 Å². The van der Waals surface area contributed by atoms with Gasteiger partial charge in [0.15, 0.2) is 0 Å². The fourth-order valence-electron chi connectivity index (χ4n) is 1.04. The Kier molecular flexibility index (Phi) is 7.02. The largest absolute Gasteiger partial charge is 0.480 e. The first-order chi connectivity index (χ1) is 7.11. The predicted octanol–water partition coefficient (Wildman–Crippen LogP) is -0.421. The van der Waals surface area contributed by atoms with Crippen LogP contribution in [0, 0.1) is 12.3 Å². The van der Waals surface area contributed by atoms with E-state index in [4.69, 9.17) is 11.5 Å². The van der Waals surface area contributed by atoms with E-state index in [9.17, 15) is 9.59 Å². The minimum Gasteiger partial charge on any atom is -0.480 e. The van der Waals surface area contributed by atoms with E-state index in [-0.39, 0.29) is 12.5 Å². The van der Waals surface area contributed by atoms with Crippen LogP contribution >= 0.6 is 0 Å². The number of carbonyl (C=O) groups excluding carboxylic acids is 1. The molecular weight excluding hydrogens is 196 g/mol. The second-order valence-corrected chi connectivity index (χ2v) is 3.05. The van der Waals surface area contributed by atoms with Crippen molar-refractivity contribution in [1.29, 1.82) is 0 Å². The van der Waals surface area contributed by atoms with Gasteiger partial charge in [-0.05, 0) is 6.42 Å². The van der Waals surface area contributed by atoms with Crippen LogP contribution < -0.4 is 10.6 Å². The predicted molar refractivity (Wildman–Crippen MR) is 56.2 cm³/mol. The monoisotopic (exact) mass is 212 g/mol. The third kappa shape index (κ3) is 6.52. The van der Waals surface area contributed by atoms with Crippen LogP contribution in [0.25, 0.3) is 0 Å². The van der Waals surface area contributed by atoms with Crippen molar-refractivity contribution in [3.05, 3.63) is 0 Å². The van der Waals surface area contributed by atoms with Gasteiger partial charge < -0.3 is 10.4 Å². The van der Waals surface area contributed by atoms with Crippen LogP contribution in [0.2, 0.25) is 0 Å². The molecule has 0 spiro atoms. The molecule has 0 heterocycles. The summed E-state index contributed by atoms with van der Waals surface area (Å²) in [5.74, 6) is 0.950. The average molecular weight is 212 g/mol. The van der Waals surface area contributed by atoms with Gasteiger partial charge in [0, 0.05) is 0 Å². The van der Waals surface area contributed by atoms with Crippen LogP contribution in [0.15, 0.2) is 0 Å². The second-order valence-electron chi connectivity index (χ2n) is 3.05. The Balaban J connectivity index is 3.90. The van der Waals surface area contributed by atoms with E-state index < -0.39 is 12.0 Å². The smallest absolute Gasteiger partial charge is 0.326 e. The third-order valence-electron chi connectivity index (χ3n) is 1.72. The lowest BCUT2D eigenvalue weighted by Gasteiger charge is -2.13. The highest BCUT2D eigenvalue weighted by Crippen LogP contribution is 1.96. The Morgan fingerprint density at radius 3 is 2.67 bits per heavy atom. The lowest BCUT2D eigenvalue weighted by atomic mass is 10.1. The molecule has 15 heavy (non-hydrogen) atoms. The van der Waals surface area contributed by atoms with E-state index in [1.807, 2.05) is 6.92 Å². The molecule has 0 aliphatic carbocycles. The number of carboxylic acid groups (broad SMARTS) is 1. The highest BCUT2D eigenvalue weighted by Gasteiger charge is 2.17. The van der Waals surface area contributed by atoms with Gasteiger partial charge in [-0.25, -0.2) is 4.79 Å². The quantitative estimate of drug-likeness (QED) is 0.395. The molecule has 0 saturated heterocycles. The summed E-state index contributed by atoms with van der Waals surface area (Å²) in [7, 11) is 0. The minimum absolute atomic E-state index is 0.0394. The number of aliphatic carboxylic acids is 1. The van der Waals surface area contributed by atoms with Crippen molar-refractivity contribution in [1.82, 2.24) is 10.6 Å². The number of carboxylic acids is 1. The van der Waals surface area contributed by atoms with Crippen molar-refractivity contribution >= 4 is 11.9 Å². The molecule has 1 amide bonds. The molecule has 0 aromatic heterocycles. The number of hydrogen-bond acceptors (Lipinski definition) is 3. The number of rotatable bonds is 7. The van der Waals surface area contributed by atoms with E-state index in [0.29, 0.717) is 19.4 Å². The van der Waals surface area contributed by atoms with Crippen LogP contribution in [0.5, 0.6) is 0 Å². The molecule has 1 atom stereocenters. The Hall–Kier alpha value is -1.54. The Morgan fingerprint density at radius 1 is 1.53 bits per heavy atom. The highest BCUT2D eigenvalue weighted by molar-refractivity contribution is 5.84. The Bertz CT molecular complexity index is 258. The first kappa shape index (κ1) is 13.5. The summed E-state index contributed by atoms with van der Waals surface area (Å²) in [5.41, 5.74) is 0. The highest BCUT2D eigenvalue weighted by atomic mass is 16.4. The van der Waals surface area contributed by atoms with Gasteiger partial charge >= 0.3 is 5.97 Å². The fraction of sp³-hybridized carbons (Fsp3) is 0.600. The van der Waals surface area contributed by atoms with Gasteiger partial charge in [-0.15, -0.1) is 6.42 Å². The summed E-state index contributed by atoms with van der Waals surface area (Å²) in [5, 5.41) is 13.8. The molecule has 0 saturated carbocycles. The lowest BCUT2D eigenvalue weighted by molar-refractivity contribution is -0.141. The van der Waals surface area contributed by atoms with Crippen molar-refractivity contribution in [3.63, 3.8) is 0 Å². The van der Waals surface area contributed by atoms with Crippen molar-refractivity contribution in [2.75, 3.05) is 13.1 Å². The Morgan fingerprint density at radius 2 is 2.20 bits per heavy atom. The van der Waals surface area contributed by atoms with Crippen molar-refractivity contribution in [2.45, 2.75) is 25.8 Å². The van der Waals surface area contributed by atoms with E-state index >= 15 is 0 Å². The van der Waals surface area contributed by atoms with E-state index in [2.05, 4.69) is 16.6 Å². The van der Waals surface area contributed by atoms with Crippen LogP contribution in [-0.2, 0) is 9.59 Å². The molecule has 0 fully saturated rings. The maximum Gasteiger partial charge on any atom is 0.326 e. The molecule has 84 valence electrons. The zero-order chi connectivity index (χ0) is 11.7. The number of hydrogen-bond donors (Lipinski definition) is 3. The van der Waals surface area contributed by atoms with E-state index in [1.165, 1.54) is 0 Å². The summed E-state index contributed by atoms with van der Waals surface area (Å²) >= 11 is 0. The average Bonchev–Trinajstić information content (AvgIpc) is 2.17. The number of terminal acetylenes is 1. The van der Waals surface area contributed by atoms with Gasteiger partial charge in [0.05, 0.1) is 13.1 Å². The van der Waals surface area contributed by atoms with Gasteiger partial charge in [-0.3, -0.25) is 10.1 Å². The zero-order valence-corrected chi connectivity index (χ0v) is 8.75. The molecule has 0 rings (SSSR count). The first-order valence-corrected chi connectivity index (χ1v) is 4.78. The van der Waals surface area contributed by atoms with Crippen LogP contribution in [0.1, 0.15) is 19.8 Å². The van der Waals surface area contributed by atoms with Crippen LogP contribution in [0.4, 0.5) is 0 Å². The zero-order valence-electron chi connectivity index (χ0n) is 8.75. The topological polar surface area (TPSA) is 78.4 Å². The molecule has 0 aliphatic heterocycles. The maximum atomic E-state index is 11.2. The van der Waals surface area contributed by atoms with Crippen molar-refractivity contribution < 1.29 is 14.7 Å². The van der Waals surface area contributed by atoms with Gasteiger partial charge in [-0.1, -0.05) is 19.3 Å². The number of nitrogens with one attached hydrogen (secondary N) is 2. The maximum absolute atomic E-state index is 11.2. The molecule has 0 aliphatic rings. The van der Waals surface area contributed by atoms with Gasteiger partial charge in [-0.2, -0.15) is 0 Å². The molecule has 1 unspecified atom stereocenters. The summed E-state index contributed by atoms with van der Waals surface area (Å²) in [6.07, 6.45) is 6.10. The standard InChI is InChI=1S/C10H16N2O3/c1-3-5-8(10(14)15)12-9(13)7-11-6-4-2/h2,8,11H,3,5-7H2,1H3,(H,12,13)(H,14,15).